The average molecular weight is 305 g/mol. The minimum Gasteiger partial charge on any atom is -0.488 e. The molecule has 23 heavy (non-hydrogen) atoms. The minimum atomic E-state index is -0.469. The van der Waals surface area contributed by atoms with Gasteiger partial charge >= 0.3 is 0 Å². The second-order valence-corrected chi connectivity index (χ2v) is 5.07. The Morgan fingerprint density at radius 1 is 0.957 bits per heavy atom. The molecule has 0 bridgehead atoms. The summed E-state index contributed by atoms with van der Waals surface area (Å²) in [6.07, 6.45) is 2.43. The Kier molecular flexibility index (Phi) is 4.34. The lowest BCUT2D eigenvalue weighted by molar-refractivity contribution is -0.400. The Bertz CT molecular complexity index is 857. The fraction of sp³-hybridized carbons (Fsp3) is 0.0526. The quantitative estimate of drug-likeness (QED) is 0.508. The van der Waals surface area contributed by atoms with E-state index in [2.05, 4.69) is 0 Å². The van der Waals surface area contributed by atoms with E-state index in [1.54, 1.807) is 0 Å². The maximum atomic E-state index is 10.7. The van der Waals surface area contributed by atoms with E-state index in [9.17, 15) is 10.1 Å². The van der Waals surface area contributed by atoms with Gasteiger partial charge in [-0.1, -0.05) is 60.7 Å². The molecule has 0 saturated carbocycles. The molecule has 114 valence electrons. The molecule has 0 aliphatic carbocycles. The molecule has 3 rings (SSSR count). The van der Waals surface area contributed by atoms with E-state index < -0.39 is 4.92 Å². The second-order valence-electron chi connectivity index (χ2n) is 5.07. The van der Waals surface area contributed by atoms with Crippen LogP contribution in [0.3, 0.4) is 0 Å². The average Bonchev–Trinajstić information content (AvgIpc) is 2.59. The molecule has 3 aromatic rings. The first-order valence-corrected chi connectivity index (χ1v) is 7.24. The lowest BCUT2D eigenvalue weighted by Crippen LogP contribution is -1.97. The molecule has 0 atom stereocenters. The maximum absolute atomic E-state index is 10.7. The predicted molar refractivity (Wildman–Crippen MR) is 90.8 cm³/mol. The number of nitrogens with zero attached hydrogens (tertiary/aromatic N) is 1. The van der Waals surface area contributed by atoms with Gasteiger partial charge in [0.25, 0.3) is 0 Å². The molecular weight excluding hydrogens is 290 g/mol. The van der Waals surface area contributed by atoms with Gasteiger partial charge in [-0.25, -0.2) is 0 Å². The summed E-state index contributed by atoms with van der Waals surface area (Å²) in [5, 5.41) is 12.6. The molecule has 4 heteroatoms. The van der Waals surface area contributed by atoms with Crippen molar-refractivity contribution in [3.05, 3.63) is 94.2 Å². The molecule has 0 heterocycles. The van der Waals surface area contributed by atoms with Gasteiger partial charge in [0.15, 0.2) is 0 Å². The molecule has 0 N–H and O–H groups in total. The lowest BCUT2D eigenvalue weighted by Gasteiger charge is -2.11. The van der Waals surface area contributed by atoms with E-state index in [-0.39, 0.29) is 0 Å². The Hall–Kier alpha value is -3.14. The van der Waals surface area contributed by atoms with Gasteiger partial charge in [-0.3, -0.25) is 10.1 Å². The van der Waals surface area contributed by atoms with Crippen LogP contribution in [0.25, 0.3) is 16.8 Å². The molecular formula is C19H15NO3. The van der Waals surface area contributed by atoms with Crippen molar-refractivity contribution in [3.63, 3.8) is 0 Å². The van der Waals surface area contributed by atoms with Crippen molar-refractivity contribution in [2.45, 2.75) is 6.61 Å². The van der Waals surface area contributed by atoms with Crippen LogP contribution >= 0.6 is 0 Å². The highest BCUT2D eigenvalue weighted by Gasteiger charge is 2.08. The predicted octanol–water partition coefficient (Wildman–Crippen LogP) is 4.67. The fourth-order valence-electron chi connectivity index (χ4n) is 2.44. The fourth-order valence-corrected chi connectivity index (χ4v) is 2.44. The third-order valence-electron chi connectivity index (χ3n) is 3.53. The Labute approximate surface area is 133 Å². The van der Waals surface area contributed by atoms with Crippen LogP contribution in [0.1, 0.15) is 11.1 Å². The van der Waals surface area contributed by atoms with Crippen LogP contribution in [-0.4, -0.2) is 4.92 Å². The molecule has 0 saturated heterocycles. The van der Waals surface area contributed by atoms with Crippen LogP contribution in [0.4, 0.5) is 0 Å². The number of fused-ring (bicyclic) bond motifs is 1. The monoisotopic (exact) mass is 305 g/mol. The van der Waals surface area contributed by atoms with E-state index in [0.717, 1.165) is 28.1 Å². The van der Waals surface area contributed by atoms with Crippen molar-refractivity contribution in [2.75, 3.05) is 0 Å². The van der Waals surface area contributed by atoms with Gasteiger partial charge in [0.1, 0.15) is 12.4 Å². The highest BCUT2D eigenvalue weighted by molar-refractivity contribution is 5.93. The molecule has 0 aliphatic rings. The summed E-state index contributed by atoms with van der Waals surface area (Å²) in [5.41, 5.74) is 1.76. The molecule has 0 spiro atoms. The lowest BCUT2D eigenvalue weighted by atomic mass is 10.0. The first-order chi connectivity index (χ1) is 11.2. The second kappa shape index (κ2) is 6.75. The summed E-state index contributed by atoms with van der Waals surface area (Å²) in [7, 11) is 0. The van der Waals surface area contributed by atoms with Gasteiger partial charge in [-0.05, 0) is 22.4 Å². The van der Waals surface area contributed by atoms with Gasteiger partial charge < -0.3 is 4.74 Å². The minimum absolute atomic E-state index is 0.415. The Morgan fingerprint density at radius 3 is 2.48 bits per heavy atom. The van der Waals surface area contributed by atoms with Crippen molar-refractivity contribution in [3.8, 4) is 5.75 Å². The van der Waals surface area contributed by atoms with Crippen molar-refractivity contribution in [1.29, 1.82) is 0 Å². The SMILES string of the molecule is O=[N+]([O-])/C=C/c1c(OCc2ccccc2)ccc2ccccc12. The van der Waals surface area contributed by atoms with Crippen LogP contribution in [0.2, 0.25) is 0 Å². The molecule has 0 radical (unpaired) electrons. The summed E-state index contributed by atoms with van der Waals surface area (Å²) in [6.45, 7) is 0.415. The molecule has 0 unspecified atom stereocenters. The molecule has 0 aromatic heterocycles. The van der Waals surface area contributed by atoms with E-state index >= 15 is 0 Å². The van der Waals surface area contributed by atoms with E-state index in [1.165, 1.54) is 6.08 Å². The Morgan fingerprint density at radius 2 is 1.70 bits per heavy atom. The van der Waals surface area contributed by atoms with Gasteiger partial charge in [0.05, 0.1) is 4.92 Å². The third-order valence-corrected chi connectivity index (χ3v) is 3.53. The van der Waals surface area contributed by atoms with E-state index in [1.807, 2.05) is 66.7 Å². The first-order valence-electron chi connectivity index (χ1n) is 7.24. The number of ether oxygens (including phenoxy) is 1. The standard InChI is InChI=1S/C19H15NO3/c21-20(22)13-12-18-17-9-5-4-8-16(17)10-11-19(18)23-14-15-6-2-1-3-7-15/h1-13H,14H2/b13-12+. The number of hydrogen-bond acceptors (Lipinski definition) is 3. The van der Waals surface area contributed by atoms with Crippen molar-refractivity contribution in [2.24, 2.45) is 0 Å². The van der Waals surface area contributed by atoms with Crippen LogP contribution in [0.15, 0.2) is 72.9 Å². The molecule has 4 nitrogen and oxygen atoms in total. The summed E-state index contributed by atoms with van der Waals surface area (Å²) < 4.78 is 5.89. The molecule has 3 aromatic carbocycles. The van der Waals surface area contributed by atoms with E-state index in [4.69, 9.17) is 4.74 Å². The van der Waals surface area contributed by atoms with Gasteiger partial charge in [-0.15, -0.1) is 0 Å². The van der Waals surface area contributed by atoms with Crippen molar-refractivity contribution >= 4 is 16.8 Å². The van der Waals surface area contributed by atoms with Gasteiger partial charge in [-0.2, -0.15) is 0 Å². The number of hydrogen-bond donors (Lipinski definition) is 0. The van der Waals surface area contributed by atoms with Crippen LogP contribution in [-0.2, 0) is 6.61 Å². The molecule has 0 fully saturated rings. The van der Waals surface area contributed by atoms with Crippen LogP contribution in [0, 0.1) is 10.1 Å². The normalized spacial score (nSPS) is 11.0. The Balaban J connectivity index is 1.98. The summed E-state index contributed by atoms with van der Waals surface area (Å²) in [6, 6.07) is 21.4. The van der Waals surface area contributed by atoms with Gasteiger partial charge in [0.2, 0.25) is 6.20 Å². The number of nitro groups is 1. The third kappa shape index (κ3) is 3.55. The summed E-state index contributed by atoms with van der Waals surface area (Å²) in [4.78, 5) is 10.2. The van der Waals surface area contributed by atoms with Crippen LogP contribution in [0.5, 0.6) is 5.75 Å². The topological polar surface area (TPSA) is 52.4 Å². The summed E-state index contributed by atoms with van der Waals surface area (Å²) >= 11 is 0. The summed E-state index contributed by atoms with van der Waals surface area (Å²) in [5.74, 6) is 0.630. The highest BCUT2D eigenvalue weighted by Crippen LogP contribution is 2.30. The molecule has 0 aliphatic heterocycles. The van der Waals surface area contributed by atoms with Crippen LogP contribution < -0.4 is 4.74 Å². The van der Waals surface area contributed by atoms with E-state index in [0.29, 0.717) is 12.4 Å². The number of rotatable bonds is 5. The smallest absolute Gasteiger partial charge is 0.235 e. The highest BCUT2D eigenvalue weighted by atomic mass is 16.6. The van der Waals surface area contributed by atoms with Gasteiger partial charge in [0, 0.05) is 11.6 Å². The first kappa shape index (κ1) is 14.8. The maximum Gasteiger partial charge on any atom is 0.235 e. The zero-order chi connectivity index (χ0) is 16.1. The molecule has 0 amide bonds. The van der Waals surface area contributed by atoms with Crippen molar-refractivity contribution < 1.29 is 9.66 Å². The number of benzene rings is 3. The zero-order valence-corrected chi connectivity index (χ0v) is 12.4. The largest absolute Gasteiger partial charge is 0.488 e. The van der Waals surface area contributed by atoms with Crippen molar-refractivity contribution in [1.82, 2.24) is 0 Å². The zero-order valence-electron chi connectivity index (χ0n) is 12.4.